The highest BCUT2D eigenvalue weighted by atomic mass is 32.2. The van der Waals surface area contributed by atoms with E-state index in [-0.39, 0.29) is 24.4 Å². The average molecular weight is 442 g/mol. The Hall–Kier alpha value is -3.33. The molecular weight excluding hydrogens is 418 g/mol. The normalized spacial score (nSPS) is 14.1. The Bertz CT molecular complexity index is 967. The fourth-order valence-electron chi connectivity index (χ4n) is 2.96. The number of nitrogens with zero attached hydrogens (tertiary/aromatic N) is 1. The van der Waals surface area contributed by atoms with Gasteiger partial charge in [-0.05, 0) is 24.6 Å². The van der Waals surface area contributed by atoms with Gasteiger partial charge in [0.25, 0.3) is 11.8 Å². The number of para-hydroxylation sites is 1. The van der Waals surface area contributed by atoms with Crippen LogP contribution >= 0.6 is 11.8 Å². The van der Waals surface area contributed by atoms with Crippen LogP contribution in [0.15, 0.2) is 54.6 Å². The SMILES string of the molecule is C[C@@H](NC(=O)c1ccccc1NC(=O)COC(=O)CN1CSCC1=O)c1ccccc1. The maximum atomic E-state index is 12.7. The van der Waals surface area contributed by atoms with E-state index in [9.17, 15) is 19.2 Å². The highest BCUT2D eigenvalue weighted by Gasteiger charge is 2.24. The van der Waals surface area contributed by atoms with Gasteiger partial charge in [-0.25, -0.2) is 0 Å². The van der Waals surface area contributed by atoms with E-state index < -0.39 is 18.5 Å². The van der Waals surface area contributed by atoms with Gasteiger partial charge in [-0.1, -0.05) is 42.5 Å². The van der Waals surface area contributed by atoms with E-state index >= 15 is 0 Å². The molecule has 8 nitrogen and oxygen atoms in total. The van der Waals surface area contributed by atoms with E-state index in [1.54, 1.807) is 24.3 Å². The lowest BCUT2D eigenvalue weighted by Crippen LogP contribution is -2.34. The minimum atomic E-state index is -0.659. The largest absolute Gasteiger partial charge is 0.454 e. The summed E-state index contributed by atoms with van der Waals surface area (Å²) in [4.78, 5) is 49.7. The second-order valence-corrected chi connectivity index (χ2v) is 7.88. The van der Waals surface area contributed by atoms with Crippen LogP contribution < -0.4 is 10.6 Å². The van der Waals surface area contributed by atoms with E-state index in [1.807, 2.05) is 37.3 Å². The summed E-state index contributed by atoms with van der Waals surface area (Å²) in [6, 6.07) is 15.9. The van der Waals surface area contributed by atoms with Gasteiger partial charge in [0.2, 0.25) is 5.91 Å². The zero-order valence-electron chi connectivity index (χ0n) is 17.0. The van der Waals surface area contributed by atoms with Gasteiger partial charge in [0, 0.05) is 0 Å². The van der Waals surface area contributed by atoms with E-state index in [0.717, 1.165) is 5.56 Å². The van der Waals surface area contributed by atoms with Crippen LogP contribution in [0.25, 0.3) is 0 Å². The van der Waals surface area contributed by atoms with Crippen molar-refractivity contribution in [1.29, 1.82) is 0 Å². The number of ether oxygens (including phenoxy) is 1. The number of hydrogen-bond acceptors (Lipinski definition) is 6. The quantitative estimate of drug-likeness (QED) is 0.609. The van der Waals surface area contributed by atoms with Crippen molar-refractivity contribution in [1.82, 2.24) is 10.2 Å². The standard InChI is InChI=1S/C22H23N3O5S/c1-15(16-7-3-2-4-8-16)23-22(29)17-9-5-6-10-18(17)24-19(26)12-30-21(28)11-25-14-31-13-20(25)27/h2-10,15H,11-14H2,1H3,(H,23,29)(H,24,26)/t15-/m1/s1. The molecule has 1 heterocycles. The zero-order valence-corrected chi connectivity index (χ0v) is 17.8. The first-order chi connectivity index (χ1) is 14.9. The second-order valence-electron chi connectivity index (χ2n) is 6.93. The van der Waals surface area contributed by atoms with Crippen LogP contribution in [-0.4, -0.2) is 53.4 Å². The highest BCUT2D eigenvalue weighted by Crippen LogP contribution is 2.18. The molecule has 0 bridgehead atoms. The van der Waals surface area contributed by atoms with Crippen molar-refractivity contribution in [3.8, 4) is 0 Å². The Balaban J connectivity index is 1.54. The van der Waals surface area contributed by atoms with Crippen molar-refractivity contribution >= 4 is 41.1 Å². The summed E-state index contributed by atoms with van der Waals surface area (Å²) < 4.78 is 4.95. The molecule has 0 unspecified atom stereocenters. The summed E-state index contributed by atoms with van der Waals surface area (Å²) in [5.41, 5.74) is 1.57. The molecule has 0 aromatic heterocycles. The minimum absolute atomic E-state index is 0.129. The van der Waals surface area contributed by atoms with Crippen LogP contribution in [0.1, 0.15) is 28.9 Å². The molecule has 2 aromatic carbocycles. The van der Waals surface area contributed by atoms with Crippen molar-refractivity contribution in [2.75, 3.05) is 30.1 Å². The number of hydrogen-bond donors (Lipinski definition) is 2. The van der Waals surface area contributed by atoms with Gasteiger partial charge < -0.3 is 20.3 Å². The lowest BCUT2D eigenvalue weighted by atomic mass is 10.1. The Morgan fingerprint density at radius 3 is 2.52 bits per heavy atom. The van der Waals surface area contributed by atoms with Crippen molar-refractivity contribution in [3.63, 3.8) is 0 Å². The average Bonchev–Trinajstić information content (AvgIpc) is 3.17. The third-order valence-electron chi connectivity index (χ3n) is 4.60. The summed E-state index contributed by atoms with van der Waals surface area (Å²) in [5, 5.41) is 5.51. The molecule has 9 heteroatoms. The molecule has 162 valence electrons. The first-order valence-corrected chi connectivity index (χ1v) is 10.9. The van der Waals surface area contributed by atoms with Gasteiger partial charge in [0.1, 0.15) is 6.54 Å². The molecule has 31 heavy (non-hydrogen) atoms. The van der Waals surface area contributed by atoms with E-state index in [4.69, 9.17) is 4.74 Å². The topological polar surface area (TPSA) is 105 Å². The molecule has 0 radical (unpaired) electrons. The van der Waals surface area contributed by atoms with Gasteiger partial charge in [-0.2, -0.15) is 0 Å². The molecule has 1 aliphatic heterocycles. The molecule has 1 atom stereocenters. The number of esters is 1. The maximum Gasteiger partial charge on any atom is 0.326 e. The van der Waals surface area contributed by atoms with Gasteiger partial charge in [0.05, 0.1) is 28.9 Å². The number of benzene rings is 2. The fourth-order valence-corrected chi connectivity index (χ4v) is 3.87. The number of thioether (sulfide) groups is 1. The first kappa shape index (κ1) is 22.4. The minimum Gasteiger partial charge on any atom is -0.454 e. The third kappa shape index (κ3) is 6.32. The first-order valence-electron chi connectivity index (χ1n) is 9.70. The van der Waals surface area contributed by atoms with E-state index in [0.29, 0.717) is 22.9 Å². The third-order valence-corrected chi connectivity index (χ3v) is 5.55. The van der Waals surface area contributed by atoms with Crippen LogP contribution in [0.3, 0.4) is 0 Å². The van der Waals surface area contributed by atoms with E-state index in [2.05, 4.69) is 10.6 Å². The number of amides is 3. The number of carbonyl (C=O) groups excluding carboxylic acids is 4. The van der Waals surface area contributed by atoms with Crippen LogP contribution in [0.2, 0.25) is 0 Å². The predicted molar refractivity (Wildman–Crippen MR) is 117 cm³/mol. The van der Waals surface area contributed by atoms with Crippen molar-refractivity contribution in [2.45, 2.75) is 13.0 Å². The molecule has 3 amide bonds. The van der Waals surface area contributed by atoms with Gasteiger partial charge in [-0.3, -0.25) is 19.2 Å². The number of anilines is 1. The molecule has 3 rings (SSSR count). The summed E-state index contributed by atoms with van der Waals surface area (Å²) in [7, 11) is 0. The summed E-state index contributed by atoms with van der Waals surface area (Å²) in [6.45, 7) is 1.18. The Morgan fingerprint density at radius 2 is 1.81 bits per heavy atom. The Kier molecular flexibility index (Phi) is 7.66. The molecule has 0 aliphatic carbocycles. The van der Waals surface area contributed by atoms with Crippen molar-refractivity contribution in [3.05, 3.63) is 65.7 Å². The molecule has 2 aromatic rings. The molecule has 1 aliphatic rings. The monoisotopic (exact) mass is 441 g/mol. The van der Waals surface area contributed by atoms with Gasteiger partial charge in [-0.15, -0.1) is 11.8 Å². The Morgan fingerprint density at radius 1 is 1.10 bits per heavy atom. The molecule has 0 spiro atoms. The fraction of sp³-hybridized carbons (Fsp3) is 0.273. The van der Waals surface area contributed by atoms with Crippen molar-refractivity contribution < 1.29 is 23.9 Å². The van der Waals surface area contributed by atoms with Crippen LogP contribution in [-0.2, 0) is 19.1 Å². The lowest BCUT2D eigenvalue weighted by molar-refractivity contribution is -0.150. The summed E-state index contributed by atoms with van der Waals surface area (Å²) in [5.74, 6) is -0.926. The molecule has 1 saturated heterocycles. The van der Waals surface area contributed by atoms with Gasteiger partial charge in [0.15, 0.2) is 6.61 Å². The van der Waals surface area contributed by atoms with Crippen LogP contribution in [0, 0.1) is 0 Å². The van der Waals surface area contributed by atoms with Crippen molar-refractivity contribution in [2.24, 2.45) is 0 Å². The molecular formula is C22H23N3O5S. The zero-order chi connectivity index (χ0) is 22.2. The van der Waals surface area contributed by atoms with Crippen LogP contribution in [0.4, 0.5) is 5.69 Å². The maximum absolute atomic E-state index is 12.7. The summed E-state index contributed by atoms with van der Waals surface area (Å²) in [6.07, 6.45) is 0. The van der Waals surface area contributed by atoms with E-state index in [1.165, 1.54) is 16.7 Å². The number of rotatable bonds is 8. The predicted octanol–water partition coefficient (Wildman–Crippen LogP) is 2.19. The highest BCUT2D eigenvalue weighted by molar-refractivity contribution is 8.00. The van der Waals surface area contributed by atoms with Crippen LogP contribution in [0.5, 0.6) is 0 Å². The Labute approximate surface area is 184 Å². The number of carbonyl (C=O) groups is 4. The second kappa shape index (κ2) is 10.6. The smallest absolute Gasteiger partial charge is 0.326 e. The summed E-state index contributed by atoms with van der Waals surface area (Å²) >= 11 is 1.42. The lowest BCUT2D eigenvalue weighted by Gasteiger charge is -2.16. The molecule has 2 N–H and O–H groups in total. The molecule has 0 saturated carbocycles. The number of nitrogens with one attached hydrogen (secondary N) is 2. The molecule has 1 fully saturated rings. The van der Waals surface area contributed by atoms with Gasteiger partial charge >= 0.3 is 5.97 Å².